The Hall–Kier alpha value is -0.250. The number of halogens is 2. The highest BCUT2D eigenvalue weighted by Gasteiger charge is 2.02. The molecule has 78 valence electrons. The topological polar surface area (TPSA) is 18.5 Å². The quantitative estimate of drug-likeness (QED) is 0.609. The summed E-state index contributed by atoms with van der Waals surface area (Å²) in [7, 11) is 1.65. The SMILES string of the molecule is COCCOc1ccc(Br)cc1CCl. The van der Waals surface area contributed by atoms with E-state index in [4.69, 9.17) is 21.1 Å². The summed E-state index contributed by atoms with van der Waals surface area (Å²) in [6.45, 7) is 1.12. The predicted molar refractivity (Wildman–Crippen MR) is 61.1 cm³/mol. The van der Waals surface area contributed by atoms with E-state index in [9.17, 15) is 0 Å². The van der Waals surface area contributed by atoms with Crippen LogP contribution in [0.1, 0.15) is 5.56 Å². The fourth-order valence-corrected chi connectivity index (χ4v) is 1.65. The van der Waals surface area contributed by atoms with Gasteiger partial charge in [0.25, 0.3) is 0 Å². The van der Waals surface area contributed by atoms with E-state index in [2.05, 4.69) is 15.9 Å². The van der Waals surface area contributed by atoms with Crippen molar-refractivity contribution < 1.29 is 9.47 Å². The van der Waals surface area contributed by atoms with Gasteiger partial charge in [0.2, 0.25) is 0 Å². The number of methoxy groups -OCH3 is 1. The van der Waals surface area contributed by atoms with Gasteiger partial charge in [-0.3, -0.25) is 0 Å². The molecule has 0 bridgehead atoms. The van der Waals surface area contributed by atoms with E-state index in [-0.39, 0.29) is 0 Å². The minimum absolute atomic E-state index is 0.446. The summed E-state index contributed by atoms with van der Waals surface area (Å²) in [5.74, 6) is 1.27. The summed E-state index contributed by atoms with van der Waals surface area (Å²) in [5.41, 5.74) is 0.983. The molecule has 0 aliphatic carbocycles. The van der Waals surface area contributed by atoms with Crippen molar-refractivity contribution in [2.45, 2.75) is 5.88 Å². The van der Waals surface area contributed by atoms with Crippen LogP contribution in [0.3, 0.4) is 0 Å². The zero-order valence-electron chi connectivity index (χ0n) is 7.93. The van der Waals surface area contributed by atoms with Gasteiger partial charge in [-0.05, 0) is 18.2 Å². The zero-order valence-corrected chi connectivity index (χ0v) is 10.3. The van der Waals surface area contributed by atoms with Crippen LogP contribution < -0.4 is 4.74 Å². The van der Waals surface area contributed by atoms with Crippen molar-refractivity contribution in [1.82, 2.24) is 0 Å². The van der Waals surface area contributed by atoms with Crippen molar-refractivity contribution in [2.75, 3.05) is 20.3 Å². The molecule has 0 aromatic heterocycles. The maximum atomic E-state index is 5.78. The van der Waals surface area contributed by atoms with Crippen LogP contribution in [-0.2, 0) is 10.6 Å². The molecule has 2 nitrogen and oxygen atoms in total. The van der Waals surface area contributed by atoms with E-state index in [1.54, 1.807) is 7.11 Å². The third-order valence-corrected chi connectivity index (χ3v) is 2.49. The highest BCUT2D eigenvalue weighted by Crippen LogP contribution is 2.24. The zero-order chi connectivity index (χ0) is 10.4. The van der Waals surface area contributed by atoms with Crippen molar-refractivity contribution in [2.24, 2.45) is 0 Å². The molecule has 0 saturated heterocycles. The summed E-state index contributed by atoms with van der Waals surface area (Å²) in [4.78, 5) is 0. The van der Waals surface area contributed by atoms with Crippen molar-refractivity contribution in [3.8, 4) is 5.75 Å². The van der Waals surface area contributed by atoms with Gasteiger partial charge in [0, 0.05) is 17.1 Å². The molecule has 1 aromatic rings. The van der Waals surface area contributed by atoms with Gasteiger partial charge in [0.1, 0.15) is 12.4 Å². The lowest BCUT2D eigenvalue weighted by molar-refractivity contribution is 0.146. The van der Waals surface area contributed by atoms with E-state index in [1.807, 2.05) is 18.2 Å². The third-order valence-electron chi connectivity index (χ3n) is 1.71. The molecule has 0 saturated carbocycles. The summed E-state index contributed by atoms with van der Waals surface area (Å²) in [6, 6.07) is 5.78. The molecule has 0 heterocycles. The number of ether oxygens (including phenoxy) is 2. The van der Waals surface area contributed by atoms with E-state index in [0.717, 1.165) is 15.8 Å². The van der Waals surface area contributed by atoms with Crippen LogP contribution in [0.5, 0.6) is 5.75 Å². The van der Waals surface area contributed by atoms with Crippen molar-refractivity contribution in [1.29, 1.82) is 0 Å². The smallest absolute Gasteiger partial charge is 0.123 e. The van der Waals surface area contributed by atoms with Crippen LogP contribution in [0.15, 0.2) is 22.7 Å². The summed E-state index contributed by atoms with van der Waals surface area (Å²) < 4.78 is 11.4. The molecular weight excluding hydrogens is 267 g/mol. The minimum atomic E-state index is 0.446. The number of alkyl halides is 1. The molecule has 0 N–H and O–H groups in total. The van der Waals surface area contributed by atoms with Gasteiger partial charge in [-0.25, -0.2) is 0 Å². The number of rotatable bonds is 5. The highest BCUT2D eigenvalue weighted by atomic mass is 79.9. The maximum Gasteiger partial charge on any atom is 0.123 e. The predicted octanol–water partition coefficient (Wildman–Crippen LogP) is 3.21. The lowest BCUT2D eigenvalue weighted by Crippen LogP contribution is -2.05. The van der Waals surface area contributed by atoms with Gasteiger partial charge >= 0.3 is 0 Å². The first kappa shape index (κ1) is 11.8. The molecule has 0 amide bonds. The molecule has 0 aliphatic heterocycles. The first-order valence-corrected chi connectivity index (χ1v) is 5.57. The van der Waals surface area contributed by atoms with Gasteiger partial charge in [-0.2, -0.15) is 0 Å². The van der Waals surface area contributed by atoms with Crippen molar-refractivity contribution in [3.05, 3.63) is 28.2 Å². The Morgan fingerprint density at radius 3 is 2.79 bits per heavy atom. The van der Waals surface area contributed by atoms with Crippen LogP contribution in [0.25, 0.3) is 0 Å². The molecule has 0 atom stereocenters. The molecule has 0 radical (unpaired) electrons. The fraction of sp³-hybridized carbons (Fsp3) is 0.400. The largest absolute Gasteiger partial charge is 0.491 e. The molecule has 0 aliphatic rings. The first-order valence-electron chi connectivity index (χ1n) is 4.24. The van der Waals surface area contributed by atoms with Crippen molar-refractivity contribution in [3.63, 3.8) is 0 Å². The average Bonchev–Trinajstić information content (AvgIpc) is 2.20. The fourth-order valence-electron chi connectivity index (χ4n) is 1.03. The molecule has 1 rings (SSSR count). The number of hydrogen-bond donors (Lipinski definition) is 0. The van der Waals surface area contributed by atoms with Gasteiger partial charge in [-0.1, -0.05) is 15.9 Å². The normalized spacial score (nSPS) is 10.2. The first-order chi connectivity index (χ1) is 6.77. The highest BCUT2D eigenvalue weighted by molar-refractivity contribution is 9.10. The molecule has 1 aromatic carbocycles. The summed E-state index contributed by atoms with van der Waals surface area (Å²) in [6.07, 6.45) is 0. The Balaban J connectivity index is 2.65. The Morgan fingerprint density at radius 2 is 2.14 bits per heavy atom. The molecule has 0 unspecified atom stereocenters. The van der Waals surface area contributed by atoms with Gasteiger partial charge < -0.3 is 9.47 Å². The van der Waals surface area contributed by atoms with E-state index < -0.39 is 0 Å². The number of benzene rings is 1. The van der Waals surface area contributed by atoms with Crippen LogP contribution in [-0.4, -0.2) is 20.3 Å². The van der Waals surface area contributed by atoms with Crippen LogP contribution >= 0.6 is 27.5 Å². The van der Waals surface area contributed by atoms with Crippen LogP contribution in [0.4, 0.5) is 0 Å². The molecular formula is C10H12BrClO2. The summed E-state index contributed by atoms with van der Waals surface area (Å²) in [5, 5.41) is 0. The second-order valence-electron chi connectivity index (χ2n) is 2.73. The third kappa shape index (κ3) is 3.48. The van der Waals surface area contributed by atoms with Gasteiger partial charge in [0.05, 0.1) is 12.5 Å². The van der Waals surface area contributed by atoms with E-state index in [1.165, 1.54) is 0 Å². The standard InChI is InChI=1S/C10H12BrClO2/c1-13-4-5-14-10-3-2-9(11)6-8(10)7-12/h2-3,6H,4-5,7H2,1H3. The minimum Gasteiger partial charge on any atom is -0.491 e. The molecule has 14 heavy (non-hydrogen) atoms. The Labute approximate surface area is 97.3 Å². The lowest BCUT2D eigenvalue weighted by atomic mass is 10.2. The molecule has 0 fully saturated rings. The van der Waals surface area contributed by atoms with Crippen molar-refractivity contribution >= 4 is 27.5 Å². The van der Waals surface area contributed by atoms with E-state index >= 15 is 0 Å². The molecule has 0 spiro atoms. The second-order valence-corrected chi connectivity index (χ2v) is 3.91. The molecule has 4 heteroatoms. The second kappa shape index (κ2) is 6.27. The lowest BCUT2D eigenvalue weighted by Gasteiger charge is -2.09. The van der Waals surface area contributed by atoms with Crippen LogP contribution in [0.2, 0.25) is 0 Å². The average molecular weight is 280 g/mol. The maximum absolute atomic E-state index is 5.78. The summed E-state index contributed by atoms with van der Waals surface area (Å²) >= 11 is 9.16. The van der Waals surface area contributed by atoms with Gasteiger partial charge in [-0.15, -0.1) is 11.6 Å². The van der Waals surface area contributed by atoms with E-state index in [0.29, 0.717) is 19.1 Å². The Bertz CT molecular complexity index is 291. The number of hydrogen-bond acceptors (Lipinski definition) is 2. The Morgan fingerprint density at radius 1 is 1.36 bits per heavy atom. The Kier molecular flexibility index (Phi) is 5.30. The monoisotopic (exact) mass is 278 g/mol. The van der Waals surface area contributed by atoms with Crippen LogP contribution in [0, 0.1) is 0 Å². The van der Waals surface area contributed by atoms with Gasteiger partial charge in [0.15, 0.2) is 0 Å².